The predicted octanol–water partition coefficient (Wildman–Crippen LogP) is 1.73. The second-order valence-electron chi connectivity index (χ2n) is 4.26. The molecule has 0 unspecified atom stereocenters. The predicted molar refractivity (Wildman–Crippen MR) is 73.2 cm³/mol. The largest absolute Gasteiger partial charge is 0.450 e. The van der Waals surface area contributed by atoms with Gasteiger partial charge in [-0.3, -0.25) is 9.59 Å². The Morgan fingerprint density at radius 3 is 2.43 bits per heavy atom. The number of aldehydes is 1. The van der Waals surface area contributed by atoms with Gasteiger partial charge in [0.1, 0.15) is 5.75 Å². The van der Waals surface area contributed by atoms with Crippen LogP contribution in [0, 0.1) is 0 Å². The van der Waals surface area contributed by atoms with Crippen molar-refractivity contribution >= 4 is 24.0 Å². The summed E-state index contributed by atoms with van der Waals surface area (Å²) in [4.78, 5) is 44.8. The van der Waals surface area contributed by atoms with Crippen LogP contribution in [0.5, 0.6) is 5.75 Å². The first-order valence-electron chi connectivity index (χ1n) is 5.98. The van der Waals surface area contributed by atoms with Gasteiger partial charge in [0.25, 0.3) is 0 Å². The fraction of sp³-hybridized carbons (Fsp3) is 0.200. The molecule has 0 bridgehead atoms. The highest BCUT2D eigenvalue weighted by Gasteiger charge is 2.13. The molecule has 0 amide bonds. The van der Waals surface area contributed by atoms with E-state index in [-0.39, 0.29) is 22.7 Å². The Morgan fingerprint density at radius 1 is 1.24 bits per heavy atom. The molecule has 0 saturated carbocycles. The maximum atomic E-state index is 11.5. The van der Waals surface area contributed by atoms with Crippen molar-refractivity contribution in [2.75, 3.05) is 6.61 Å². The third-order valence-corrected chi connectivity index (χ3v) is 2.44. The quantitative estimate of drug-likeness (QED) is 0.261. The Balaban J connectivity index is 2.76. The van der Waals surface area contributed by atoms with Crippen molar-refractivity contribution in [3.63, 3.8) is 0 Å². The summed E-state index contributed by atoms with van der Waals surface area (Å²) in [7, 11) is 0. The minimum atomic E-state index is -0.844. The molecule has 0 aliphatic heterocycles. The molecule has 0 spiro atoms. The van der Waals surface area contributed by atoms with E-state index in [0.717, 1.165) is 0 Å². The van der Waals surface area contributed by atoms with E-state index in [9.17, 15) is 19.2 Å². The topological polar surface area (TPSA) is 86.7 Å². The number of ether oxygens (including phenoxy) is 2. The zero-order chi connectivity index (χ0) is 16.0. The summed E-state index contributed by atoms with van der Waals surface area (Å²) in [5, 5.41) is 0. The maximum absolute atomic E-state index is 11.5. The van der Waals surface area contributed by atoms with Gasteiger partial charge in [0, 0.05) is 11.1 Å². The molecule has 1 aromatic carbocycles. The van der Waals surface area contributed by atoms with E-state index in [0.29, 0.717) is 11.8 Å². The van der Waals surface area contributed by atoms with Gasteiger partial charge in [-0.25, -0.2) is 9.59 Å². The molecular weight excluding hydrogens is 276 g/mol. The Bertz CT molecular complexity index is 615. The van der Waals surface area contributed by atoms with Crippen molar-refractivity contribution in [2.45, 2.75) is 13.8 Å². The van der Waals surface area contributed by atoms with Gasteiger partial charge in [0.15, 0.2) is 18.7 Å². The Hall–Kier alpha value is -2.76. The summed E-state index contributed by atoms with van der Waals surface area (Å²) in [6.07, 6.45) is 0.467. The number of ketones is 1. The van der Waals surface area contributed by atoms with Crippen LogP contribution < -0.4 is 4.74 Å². The Morgan fingerprint density at radius 2 is 1.90 bits per heavy atom. The van der Waals surface area contributed by atoms with E-state index in [2.05, 4.69) is 11.3 Å². The van der Waals surface area contributed by atoms with Crippen LogP contribution in [0.15, 0.2) is 30.4 Å². The first kappa shape index (κ1) is 16.3. The average molecular weight is 290 g/mol. The molecule has 0 radical (unpaired) electrons. The highest BCUT2D eigenvalue weighted by Crippen LogP contribution is 2.19. The van der Waals surface area contributed by atoms with Gasteiger partial charge in [-0.2, -0.15) is 0 Å². The van der Waals surface area contributed by atoms with Crippen molar-refractivity contribution in [3.05, 3.63) is 41.5 Å². The van der Waals surface area contributed by atoms with Crippen LogP contribution in [0.1, 0.15) is 34.6 Å². The van der Waals surface area contributed by atoms with E-state index < -0.39 is 18.5 Å². The summed E-state index contributed by atoms with van der Waals surface area (Å²) in [5.74, 6) is -1.78. The standard InChI is InChI=1S/C15H14O6/c1-9(2)15(19)20-8-14(18)21-13-5-4-11(10(3)17)6-12(13)7-16/h4-7H,1,8H2,2-3H3. The summed E-state index contributed by atoms with van der Waals surface area (Å²) >= 11 is 0. The SMILES string of the molecule is C=C(C)C(=O)OCC(=O)Oc1ccc(C(C)=O)cc1C=O. The van der Waals surface area contributed by atoms with Gasteiger partial charge in [0.05, 0.1) is 5.56 Å². The van der Waals surface area contributed by atoms with Gasteiger partial charge < -0.3 is 9.47 Å². The van der Waals surface area contributed by atoms with Gasteiger partial charge in [-0.15, -0.1) is 0 Å². The van der Waals surface area contributed by atoms with Crippen molar-refractivity contribution in [1.82, 2.24) is 0 Å². The van der Waals surface area contributed by atoms with Gasteiger partial charge in [-0.1, -0.05) is 6.58 Å². The first-order valence-corrected chi connectivity index (χ1v) is 5.98. The smallest absolute Gasteiger partial charge is 0.349 e. The summed E-state index contributed by atoms with van der Waals surface area (Å²) in [6, 6.07) is 4.08. The molecule has 110 valence electrons. The van der Waals surface area contributed by atoms with Crippen molar-refractivity contribution in [2.24, 2.45) is 0 Å². The normalized spacial score (nSPS) is 9.62. The molecule has 0 saturated heterocycles. The fourth-order valence-corrected chi connectivity index (χ4v) is 1.35. The minimum absolute atomic E-state index is 0.00799. The van der Waals surface area contributed by atoms with Crippen LogP contribution in [0.3, 0.4) is 0 Å². The molecule has 6 heteroatoms. The molecule has 0 aromatic heterocycles. The lowest BCUT2D eigenvalue weighted by atomic mass is 10.1. The number of hydrogen-bond acceptors (Lipinski definition) is 6. The highest BCUT2D eigenvalue weighted by atomic mass is 16.6. The van der Waals surface area contributed by atoms with Gasteiger partial charge in [0.2, 0.25) is 0 Å². The number of Topliss-reactive ketones (excluding diaryl/α,β-unsaturated/α-hetero) is 1. The van der Waals surface area contributed by atoms with Crippen molar-refractivity contribution in [1.29, 1.82) is 0 Å². The summed E-state index contributed by atoms with van der Waals surface area (Å²) in [5.41, 5.74) is 0.537. The monoisotopic (exact) mass is 290 g/mol. The second-order valence-corrected chi connectivity index (χ2v) is 4.26. The maximum Gasteiger partial charge on any atom is 0.349 e. The number of carbonyl (C=O) groups is 4. The number of esters is 2. The van der Waals surface area contributed by atoms with E-state index in [1.807, 2.05) is 0 Å². The molecule has 21 heavy (non-hydrogen) atoms. The van der Waals surface area contributed by atoms with Crippen LogP contribution in [0.25, 0.3) is 0 Å². The minimum Gasteiger partial charge on any atom is -0.450 e. The van der Waals surface area contributed by atoms with Crippen LogP contribution in [0.4, 0.5) is 0 Å². The Labute approximate surface area is 121 Å². The average Bonchev–Trinajstić information content (AvgIpc) is 2.44. The van der Waals surface area contributed by atoms with E-state index in [1.165, 1.54) is 32.0 Å². The molecule has 0 heterocycles. The van der Waals surface area contributed by atoms with Gasteiger partial charge in [-0.05, 0) is 32.0 Å². The lowest BCUT2D eigenvalue weighted by Gasteiger charge is -2.08. The lowest BCUT2D eigenvalue weighted by Crippen LogP contribution is -2.19. The number of carbonyl (C=O) groups excluding carboxylic acids is 4. The van der Waals surface area contributed by atoms with Crippen LogP contribution in [0.2, 0.25) is 0 Å². The van der Waals surface area contributed by atoms with Crippen LogP contribution in [-0.2, 0) is 14.3 Å². The molecule has 1 rings (SSSR count). The second kappa shape index (κ2) is 7.14. The third-order valence-electron chi connectivity index (χ3n) is 2.44. The molecule has 1 aromatic rings. The molecule has 6 nitrogen and oxygen atoms in total. The van der Waals surface area contributed by atoms with Crippen LogP contribution in [-0.4, -0.2) is 30.6 Å². The van der Waals surface area contributed by atoms with Gasteiger partial charge >= 0.3 is 11.9 Å². The molecular formula is C15H14O6. The van der Waals surface area contributed by atoms with Crippen molar-refractivity contribution < 1.29 is 28.7 Å². The fourth-order valence-electron chi connectivity index (χ4n) is 1.35. The molecule has 0 N–H and O–H groups in total. The van der Waals surface area contributed by atoms with Crippen molar-refractivity contribution in [3.8, 4) is 5.75 Å². The molecule has 0 aliphatic rings. The number of benzene rings is 1. The van der Waals surface area contributed by atoms with E-state index >= 15 is 0 Å². The molecule has 0 fully saturated rings. The highest BCUT2D eigenvalue weighted by molar-refractivity contribution is 5.96. The molecule has 0 aliphatic carbocycles. The van der Waals surface area contributed by atoms with Crippen LogP contribution >= 0.6 is 0 Å². The molecule has 0 atom stereocenters. The number of hydrogen-bond donors (Lipinski definition) is 0. The first-order chi connectivity index (χ1) is 9.85. The zero-order valence-electron chi connectivity index (χ0n) is 11.7. The van der Waals surface area contributed by atoms with E-state index in [4.69, 9.17) is 4.74 Å². The lowest BCUT2D eigenvalue weighted by molar-refractivity contribution is -0.150. The summed E-state index contributed by atoms with van der Waals surface area (Å²) in [6.45, 7) is 5.56. The Kier molecular flexibility index (Phi) is 5.54. The van der Waals surface area contributed by atoms with E-state index in [1.54, 1.807) is 0 Å². The summed E-state index contributed by atoms with van der Waals surface area (Å²) < 4.78 is 9.53. The third kappa shape index (κ3) is 4.68. The zero-order valence-corrected chi connectivity index (χ0v) is 11.7. The number of rotatable bonds is 6.